The van der Waals surface area contributed by atoms with Gasteiger partial charge in [-0.25, -0.2) is 4.98 Å². The smallest absolute Gasteiger partial charge is 0.274 e. The number of amides is 1. The first kappa shape index (κ1) is 16.1. The third kappa shape index (κ3) is 3.59. The van der Waals surface area contributed by atoms with Crippen LogP contribution in [0.5, 0.6) is 0 Å². The van der Waals surface area contributed by atoms with E-state index in [1.807, 2.05) is 11.8 Å². The maximum absolute atomic E-state index is 12.6. The van der Waals surface area contributed by atoms with Crippen molar-refractivity contribution in [1.29, 1.82) is 0 Å². The van der Waals surface area contributed by atoms with Crippen molar-refractivity contribution in [3.8, 4) is 0 Å². The molecule has 0 unspecified atom stereocenters. The summed E-state index contributed by atoms with van der Waals surface area (Å²) in [7, 11) is 0. The molecule has 3 rings (SSSR count). The number of nitrogens with zero attached hydrogens (tertiary/aromatic N) is 3. The Bertz CT molecular complexity index is 561. The van der Waals surface area contributed by atoms with E-state index in [1.54, 1.807) is 18.5 Å². The van der Waals surface area contributed by atoms with Gasteiger partial charge in [-0.1, -0.05) is 6.08 Å². The molecule has 0 N–H and O–H groups in total. The molecule has 6 nitrogen and oxygen atoms in total. The predicted octanol–water partition coefficient (Wildman–Crippen LogP) is 1.75. The van der Waals surface area contributed by atoms with E-state index >= 15 is 0 Å². The zero-order chi connectivity index (χ0) is 16.2. The molecular weight excluding hydrogens is 294 g/mol. The van der Waals surface area contributed by atoms with E-state index in [-0.39, 0.29) is 24.2 Å². The number of fused-ring (bicyclic) bond motifs is 1. The number of aromatic nitrogens is 2. The van der Waals surface area contributed by atoms with Crippen molar-refractivity contribution in [2.24, 2.45) is 0 Å². The highest BCUT2D eigenvalue weighted by Crippen LogP contribution is 2.32. The second-order valence-corrected chi connectivity index (χ2v) is 6.10. The maximum Gasteiger partial charge on any atom is 0.274 e. The van der Waals surface area contributed by atoms with Crippen LogP contribution in [0.4, 0.5) is 0 Å². The molecule has 2 aliphatic rings. The van der Waals surface area contributed by atoms with Crippen LogP contribution in [0.25, 0.3) is 0 Å². The van der Waals surface area contributed by atoms with Crippen LogP contribution < -0.4 is 0 Å². The van der Waals surface area contributed by atoms with E-state index in [2.05, 4.69) is 16.5 Å². The number of hydrogen-bond donors (Lipinski definition) is 0. The summed E-state index contributed by atoms with van der Waals surface area (Å²) in [5.41, 5.74) is 1.22. The van der Waals surface area contributed by atoms with E-state index in [4.69, 9.17) is 9.47 Å². The van der Waals surface area contributed by atoms with Crippen LogP contribution in [0.3, 0.4) is 0 Å². The minimum Gasteiger partial charge on any atom is -0.375 e. The van der Waals surface area contributed by atoms with Gasteiger partial charge < -0.3 is 14.4 Å². The van der Waals surface area contributed by atoms with Crippen LogP contribution in [0.15, 0.2) is 25.0 Å². The molecule has 0 bridgehead atoms. The van der Waals surface area contributed by atoms with Crippen molar-refractivity contribution in [3.05, 3.63) is 36.4 Å². The average molecular weight is 317 g/mol. The number of aryl methyl sites for hydroxylation is 1. The molecule has 1 aromatic heterocycles. The number of likely N-dealkylation sites (tertiary alicyclic amines) is 1. The predicted molar refractivity (Wildman–Crippen MR) is 85.1 cm³/mol. The molecule has 2 aliphatic heterocycles. The Morgan fingerprint density at radius 1 is 1.43 bits per heavy atom. The summed E-state index contributed by atoms with van der Waals surface area (Å²) < 4.78 is 11.6. The largest absolute Gasteiger partial charge is 0.375 e. The first-order valence-electron chi connectivity index (χ1n) is 8.12. The molecule has 1 amide bonds. The second-order valence-electron chi connectivity index (χ2n) is 6.10. The van der Waals surface area contributed by atoms with Gasteiger partial charge in [-0.05, 0) is 26.2 Å². The quantitative estimate of drug-likeness (QED) is 0.611. The van der Waals surface area contributed by atoms with Crippen molar-refractivity contribution >= 4 is 5.91 Å². The van der Waals surface area contributed by atoms with Crippen molar-refractivity contribution in [2.45, 2.75) is 44.4 Å². The highest BCUT2D eigenvalue weighted by Gasteiger charge is 2.42. The van der Waals surface area contributed by atoms with Gasteiger partial charge in [0.2, 0.25) is 0 Å². The van der Waals surface area contributed by atoms with Crippen LogP contribution in [-0.4, -0.2) is 58.8 Å². The van der Waals surface area contributed by atoms with Crippen molar-refractivity contribution in [3.63, 3.8) is 0 Å². The Hall–Kier alpha value is -1.79. The summed E-state index contributed by atoms with van der Waals surface area (Å²) >= 11 is 0. The molecule has 0 saturated carbocycles. The number of carbonyl (C=O) groups excluding carboxylic acids is 1. The third-order valence-corrected chi connectivity index (χ3v) is 4.44. The summed E-state index contributed by atoms with van der Waals surface area (Å²) in [6, 6.07) is 0.140. The highest BCUT2D eigenvalue weighted by molar-refractivity contribution is 5.92. The molecular formula is C17H23N3O3. The van der Waals surface area contributed by atoms with Crippen LogP contribution in [0.1, 0.15) is 35.4 Å². The van der Waals surface area contributed by atoms with Gasteiger partial charge in [-0.15, -0.1) is 6.58 Å². The lowest BCUT2D eigenvalue weighted by Crippen LogP contribution is -2.46. The van der Waals surface area contributed by atoms with E-state index in [9.17, 15) is 4.79 Å². The fourth-order valence-electron chi connectivity index (χ4n) is 3.31. The van der Waals surface area contributed by atoms with Gasteiger partial charge in [0.25, 0.3) is 5.91 Å². The van der Waals surface area contributed by atoms with E-state index in [0.29, 0.717) is 25.5 Å². The second kappa shape index (κ2) is 7.19. The first-order chi connectivity index (χ1) is 11.2. The van der Waals surface area contributed by atoms with E-state index in [1.165, 1.54) is 0 Å². The number of ether oxygens (including phenoxy) is 2. The van der Waals surface area contributed by atoms with Crippen LogP contribution in [0, 0.1) is 6.92 Å². The summed E-state index contributed by atoms with van der Waals surface area (Å²) in [4.78, 5) is 22.9. The van der Waals surface area contributed by atoms with Gasteiger partial charge in [0.1, 0.15) is 5.69 Å². The van der Waals surface area contributed by atoms with E-state index in [0.717, 1.165) is 25.0 Å². The van der Waals surface area contributed by atoms with Gasteiger partial charge >= 0.3 is 0 Å². The van der Waals surface area contributed by atoms with Gasteiger partial charge in [-0.2, -0.15) is 0 Å². The Balaban J connectivity index is 1.59. The standard InChI is InChI=1S/C17H23N3O3/c1-3-8-22-11-13-4-5-15-16(23-13)6-7-20(15)17(21)14-10-18-12(2)9-19-14/h3,9-10,13,15-16H,1,4-8,11H2,2H3/t13-,15+,16+/m1/s1. The fourth-order valence-corrected chi connectivity index (χ4v) is 3.31. The fraction of sp³-hybridized carbons (Fsp3) is 0.588. The molecule has 0 aromatic carbocycles. The Labute approximate surface area is 136 Å². The van der Waals surface area contributed by atoms with Crippen molar-refractivity contribution < 1.29 is 14.3 Å². The molecule has 2 fully saturated rings. The molecule has 2 saturated heterocycles. The highest BCUT2D eigenvalue weighted by atomic mass is 16.5. The molecule has 6 heteroatoms. The summed E-state index contributed by atoms with van der Waals surface area (Å²) in [5.74, 6) is -0.0463. The Kier molecular flexibility index (Phi) is 5.03. The van der Waals surface area contributed by atoms with Gasteiger partial charge in [0, 0.05) is 12.7 Å². The Morgan fingerprint density at radius 3 is 3.04 bits per heavy atom. The van der Waals surface area contributed by atoms with Gasteiger partial charge in [0.15, 0.2) is 0 Å². The number of carbonyl (C=O) groups is 1. The Morgan fingerprint density at radius 2 is 2.30 bits per heavy atom. The summed E-state index contributed by atoms with van der Waals surface area (Å²) in [6.07, 6.45) is 7.86. The molecule has 0 spiro atoms. The summed E-state index contributed by atoms with van der Waals surface area (Å²) in [5, 5.41) is 0. The zero-order valence-corrected chi connectivity index (χ0v) is 13.5. The lowest BCUT2D eigenvalue weighted by atomic mass is 9.99. The maximum atomic E-state index is 12.6. The molecule has 124 valence electrons. The van der Waals surface area contributed by atoms with Gasteiger partial charge in [0.05, 0.1) is 43.4 Å². The molecule has 1 aromatic rings. The van der Waals surface area contributed by atoms with Crippen LogP contribution in [0.2, 0.25) is 0 Å². The normalized spacial score (nSPS) is 26.8. The first-order valence-corrected chi connectivity index (χ1v) is 8.12. The minimum atomic E-state index is -0.0463. The molecule has 23 heavy (non-hydrogen) atoms. The molecule has 0 radical (unpaired) electrons. The zero-order valence-electron chi connectivity index (χ0n) is 13.5. The van der Waals surface area contributed by atoms with Crippen molar-refractivity contribution in [2.75, 3.05) is 19.8 Å². The van der Waals surface area contributed by atoms with Crippen LogP contribution >= 0.6 is 0 Å². The molecule has 3 heterocycles. The monoisotopic (exact) mass is 317 g/mol. The van der Waals surface area contributed by atoms with Gasteiger partial charge in [-0.3, -0.25) is 9.78 Å². The van der Waals surface area contributed by atoms with E-state index < -0.39 is 0 Å². The molecule has 0 aliphatic carbocycles. The SMILES string of the molecule is C=CCOC[C@H]1CC[C@H]2[C@H](CCN2C(=O)c2cnc(C)cn2)O1. The lowest BCUT2D eigenvalue weighted by molar-refractivity contribution is -0.0937. The summed E-state index contributed by atoms with van der Waals surface area (Å²) in [6.45, 7) is 7.35. The topological polar surface area (TPSA) is 64.5 Å². The third-order valence-electron chi connectivity index (χ3n) is 4.44. The van der Waals surface area contributed by atoms with Crippen LogP contribution in [-0.2, 0) is 9.47 Å². The molecule has 3 atom stereocenters. The number of rotatable bonds is 5. The van der Waals surface area contributed by atoms with Crippen molar-refractivity contribution in [1.82, 2.24) is 14.9 Å². The average Bonchev–Trinajstić information content (AvgIpc) is 2.98. The lowest BCUT2D eigenvalue weighted by Gasteiger charge is -2.35. The number of hydrogen-bond acceptors (Lipinski definition) is 5. The minimum absolute atomic E-state index is 0.0463.